The normalized spacial score (nSPS) is 11.6. The Bertz CT molecular complexity index is 1440. The van der Waals surface area contributed by atoms with Crippen LogP contribution in [0.5, 0.6) is 0 Å². The number of carbonyl (C=O) groups is 4. The highest BCUT2D eigenvalue weighted by molar-refractivity contribution is 5.97. The van der Waals surface area contributed by atoms with Gasteiger partial charge in [-0.05, 0) is 49.2 Å². The van der Waals surface area contributed by atoms with Crippen molar-refractivity contribution in [1.82, 2.24) is 15.3 Å². The van der Waals surface area contributed by atoms with Gasteiger partial charge in [-0.1, -0.05) is 6.07 Å². The maximum atomic E-state index is 14.9. The van der Waals surface area contributed by atoms with Gasteiger partial charge >= 0.3 is 11.9 Å². The van der Waals surface area contributed by atoms with Crippen molar-refractivity contribution in [3.05, 3.63) is 69.5 Å². The fourth-order valence-electron chi connectivity index (χ4n) is 3.69. The zero-order valence-corrected chi connectivity index (χ0v) is 19.7. The molecule has 0 aliphatic rings. The summed E-state index contributed by atoms with van der Waals surface area (Å²) in [5.41, 5.74) is 5.84. The Hall–Kier alpha value is -4.81. The molecular formula is C24H24FN5O7. The van der Waals surface area contributed by atoms with Gasteiger partial charge in [0.25, 0.3) is 11.5 Å². The molecule has 13 heteroatoms. The Kier molecular flexibility index (Phi) is 8.17. The van der Waals surface area contributed by atoms with Crippen molar-refractivity contribution in [1.29, 1.82) is 0 Å². The fraction of sp³-hybridized carbons (Fsp3) is 0.250. The molecule has 6 N–H and O–H groups in total. The SMILES string of the molecule is Cc1nc2ccc(CN(CC(N)=O)c3ccc(C(=O)N[C@@H](CCC(=O)O)C(=O)O)c(F)c3)cc2c(=O)[nH]1. The van der Waals surface area contributed by atoms with E-state index in [4.69, 9.17) is 10.8 Å². The van der Waals surface area contributed by atoms with E-state index in [1.54, 1.807) is 25.1 Å². The van der Waals surface area contributed by atoms with Crippen LogP contribution in [0, 0.1) is 12.7 Å². The lowest BCUT2D eigenvalue weighted by Crippen LogP contribution is -2.41. The van der Waals surface area contributed by atoms with E-state index in [0.717, 1.165) is 12.1 Å². The number of aliphatic carboxylic acids is 2. The molecule has 0 saturated carbocycles. The third kappa shape index (κ3) is 6.87. The van der Waals surface area contributed by atoms with Crippen LogP contribution in [0.1, 0.15) is 34.6 Å². The molecule has 37 heavy (non-hydrogen) atoms. The van der Waals surface area contributed by atoms with E-state index >= 15 is 0 Å². The molecule has 0 unspecified atom stereocenters. The average Bonchev–Trinajstić information content (AvgIpc) is 2.80. The number of aromatic amines is 1. The number of carbonyl (C=O) groups excluding carboxylic acids is 2. The first-order chi connectivity index (χ1) is 17.4. The van der Waals surface area contributed by atoms with Gasteiger partial charge in [-0.2, -0.15) is 0 Å². The molecule has 0 bridgehead atoms. The van der Waals surface area contributed by atoms with Crippen molar-refractivity contribution in [3.8, 4) is 0 Å². The molecule has 2 aromatic carbocycles. The quantitative estimate of drug-likeness (QED) is 0.247. The van der Waals surface area contributed by atoms with Crippen LogP contribution in [-0.4, -0.2) is 56.5 Å². The number of aryl methyl sites for hydroxylation is 1. The average molecular weight is 513 g/mol. The molecule has 12 nitrogen and oxygen atoms in total. The highest BCUT2D eigenvalue weighted by Crippen LogP contribution is 2.22. The van der Waals surface area contributed by atoms with Crippen LogP contribution in [-0.2, 0) is 20.9 Å². The van der Waals surface area contributed by atoms with E-state index in [0.29, 0.717) is 22.3 Å². The second-order valence-electron chi connectivity index (χ2n) is 8.29. The summed E-state index contributed by atoms with van der Waals surface area (Å²) < 4.78 is 14.9. The Labute approximate surface area is 208 Å². The van der Waals surface area contributed by atoms with Crippen molar-refractivity contribution >= 4 is 40.3 Å². The Balaban J connectivity index is 1.85. The van der Waals surface area contributed by atoms with Gasteiger partial charge in [0, 0.05) is 18.7 Å². The van der Waals surface area contributed by atoms with Crippen LogP contribution >= 0.6 is 0 Å². The van der Waals surface area contributed by atoms with Crippen LogP contribution in [0.4, 0.5) is 10.1 Å². The number of carboxylic acids is 2. The predicted octanol–water partition coefficient (Wildman–Crippen LogP) is 0.910. The first-order valence-electron chi connectivity index (χ1n) is 11.0. The summed E-state index contributed by atoms with van der Waals surface area (Å²) in [5.74, 6) is -4.99. The zero-order chi connectivity index (χ0) is 27.3. The number of nitrogens with two attached hydrogens (primary N) is 1. The standard InChI is InChI=1S/C24H24FN5O7/c1-12-27-18-5-2-13(8-16(18)23(35)28-12)10-30(11-20(26)31)14-3-4-15(17(25)9-14)22(34)29-19(24(36)37)6-7-21(32)33/h2-5,8-9,19H,6-7,10-11H2,1H3,(H2,26,31)(H,29,34)(H,32,33)(H,36,37)(H,27,28,35)/t19-/m0/s1. The first kappa shape index (κ1) is 26.8. The van der Waals surface area contributed by atoms with Gasteiger partial charge in [-0.25, -0.2) is 14.2 Å². The highest BCUT2D eigenvalue weighted by atomic mass is 19.1. The minimum absolute atomic E-state index is 0.0630. The number of benzene rings is 2. The summed E-state index contributed by atoms with van der Waals surface area (Å²) in [6.45, 7) is 1.41. The molecule has 0 spiro atoms. The minimum Gasteiger partial charge on any atom is -0.481 e. The summed E-state index contributed by atoms with van der Waals surface area (Å²) in [4.78, 5) is 66.8. The minimum atomic E-state index is -1.52. The summed E-state index contributed by atoms with van der Waals surface area (Å²) in [7, 11) is 0. The van der Waals surface area contributed by atoms with E-state index in [2.05, 4.69) is 15.3 Å². The molecule has 0 radical (unpaired) electrons. The number of halogens is 1. The van der Waals surface area contributed by atoms with Crippen LogP contribution in [0.2, 0.25) is 0 Å². The Morgan fingerprint density at radius 1 is 1.16 bits per heavy atom. The zero-order valence-electron chi connectivity index (χ0n) is 19.7. The van der Waals surface area contributed by atoms with Gasteiger partial charge in [0.15, 0.2) is 0 Å². The second kappa shape index (κ2) is 11.3. The highest BCUT2D eigenvalue weighted by Gasteiger charge is 2.24. The number of nitrogens with zero attached hydrogens (tertiary/aromatic N) is 2. The molecule has 0 aliphatic heterocycles. The van der Waals surface area contributed by atoms with E-state index in [1.807, 2.05) is 0 Å². The Morgan fingerprint density at radius 3 is 2.51 bits per heavy atom. The summed E-state index contributed by atoms with van der Waals surface area (Å²) in [6.07, 6.45) is -0.886. The maximum Gasteiger partial charge on any atom is 0.326 e. The largest absolute Gasteiger partial charge is 0.481 e. The molecule has 1 heterocycles. The van der Waals surface area contributed by atoms with Gasteiger partial charge in [-0.15, -0.1) is 0 Å². The van der Waals surface area contributed by atoms with Gasteiger partial charge < -0.3 is 31.1 Å². The van der Waals surface area contributed by atoms with E-state index in [9.17, 15) is 33.5 Å². The summed E-state index contributed by atoms with van der Waals surface area (Å²) in [5, 5.41) is 20.4. The van der Waals surface area contributed by atoms with Crippen LogP contribution < -0.4 is 21.5 Å². The van der Waals surface area contributed by atoms with Crippen LogP contribution in [0.3, 0.4) is 0 Å². The van der Waals surface area contributed by atoms with E-state index in [-0.39, 0.29) is 30.8 Å². The topological polar surface area (TPSA) is 196 Å². The van der Waals surface area contributed by atoms with Crippen molar-refractivity contribution in [2.24, 2.45) is 5.73 Å². The van der Waals surface area contributed by atoms with Crippen molar-refractivity contribution in [2.75, 3.05) is 11.4 Å². The third-order valence-corrected chi connectivity index (χ3v) is 5.42. The molecule has 0 fully saturated rings. The lowest BCUT2D eigenvalue weighted by molar-refractivity contribution is -0.140. The molecule has 2 amide bonds. The van der Waals surface area contributed by atoms with Gasteiger partial charge in [-0.3, -0.25) is 19.2 Å². The number of fused-ring (bicyclic) bond motifs is 1. The number of aromatic nitrogens is 2. The van der Waals surface area contributed by atoms with Crippen molar-refractivity contribution in [3.63, 3.8) is 0 Å². The van der Waals surface area contributed by atoms with E-state index < -0.39 is 47.6 Å². The number of hydrogen-bond acceptors (Lipinski definition) is 7. The smallest absolute Gasteiger partial charge is 0.326 e. The van der Waals surface area contributed by atoms with Crippen molar-refractivity contribution in [2.45, 2.75) is 32.4 Å². The molecule has 3 aromatic rings. The van der Waals surface area contributed by atoms with Gasteiger partial charge in [0.1, 0.15) is 17.7 Å². The number of hydrogen-bond donors (Lipinski definition) is 5. The third-order valence-electron chi connectivity index (χ3n) is 5.42. The molecule has 0 saturated heterocycles. The molecule has 194 valence electrons. The number of nitrogens with one attached hydrogen (secondary N) is 2. The summed E-state index contributed by atoms with van der Waals surface area (Å²) >= 11 is 0. The number of carboxylic acid groups (broad SMARTS) is 2. The molecule has 1 aromatic heterocycles. The van der Waals surface area contributed by atoms with Crippen molar-refractivity contribution < 1.29 is 33.8 Å². The monoisotopic (exact) mass is 513 g/mol. The lowest BCUT2D eigenvalue weighted by atomic mass is 10.1. The van der Waals surface area contributed by atoms with Crippen LogP contribution in [0.25, 0.3) is 10.9 Å². The number of anilines is 1. The number of primary amides is 1. The predicted molar refractivity (Wildman–Crippen MR) is 130 cm³/mol. The van der Waals surface area contributed by atoms with Gasteiger partial charge in [0.05, 0.1) is 23.0 Å². The number of H-pyrrole nitrogens is 1. The first-order valence-corrected chi connectivity index (χ1v) is 11.0. The Morgan fingerprint density at radius 2 is 1.89 bits per heavy atom. The summed E-state index contributed by atoms with van der Waals surface area (Å²) in [6, 6.07) is 6.87. The number of rotatable bonds is 11. The fourth-order valence-corrected chi connectivity index (χ4v) is 3.69. The molecule has 3 rings (SSSR count). The second-order valence-corrected chi connectivity index (χ2v) is 8.29. The molecule has 0 aliphatic carbocycles. The van der Waals surface area contributed by atoms with Crippen LogP contribution in [0.15, 0.2) is 41.2 Å². The molecule has 1 atom stereocenters. The molecular weight excluding hydrogens is 489 g/mol. The van der Waals surface area contributed by atoms with Gasteiger partial charge in [0.2, 0.25) is 5.91 Å². The van der Waals surface area contributed by atoms with E-state index in [1.165, 1.54) is 11.0 Å². The maximum absolute atomic E-state index is 14.9. The lowest BCUT2D eigenvalue weighted by Gasteiger charge is -2.24. The number of amides is 2.